The van der Waals surface area contributed by atoms with Crippen molar-refractivity contribution in [3.05, 3.63) is 22.4 Å². The van der Waals surface area contributed by atoms with Crippen molar-refractivity contribution in [2.45, 2.75) is 39.2 Å². The molecule has 1 atom stereocenters. The smallest absolute Gasteiger partial charge is 0.407 e. The number of thiophene rings is 1. The number of rotatable bonds is 5. The van der Waals surface area contributed by atoms with Gasteiger partial charge in [0.2, 0.25) is 0 Å². The van der Waals surface area contributed by atoms with Gasteiger partial charge in [-0.3, -0.25) is 9.69 Å². The van der Waals surface area contributed by atoms with E-state index in [0.717, 1.165) is 30.8 Å². The fourth-order valence-corrected chi connectivity index (χ4v) is 3.38. The zero-order valence-corrected chi connectivity index (χ0v) is 14.9. The van der Waals surface area contributed by atoms with Gasteiger partial charge in [-0.25, -0.2) is 4.79 Å². The number of hydrogen-bond donors (Lipinski definition) is 1. The molecule has 1 N–H and O–H groups in total. The molecule has 1 fully saturated rings. The second-order valence-electron chi connectivity index (χ2n) is 7.03. The highest BCUT2D eigenvalue weighted by Gasteiger charge is 2.23. The van der Waals surface area contributed by atoms with Crippen LogP contribution in [0, 0.1) is 5.92 Å². The lowest BCUT2D eigenvalue weighted by Crippen LogP contribution is -2.43. The number of carbonyl (C=O) groups excluding carboxylic acids is 2. The molecule has 0 spiro atoms. The second-order valence-corrected chi connectivity index (χ2v) is 7.97. The maximum Gasteiger partial charge on any atom is 0.407 e. The summed E-state index contributed by atoms with van der Waals surface area (Å²) in [6.07, 6.45) is 1.75. The van der Waals surface area contributed by atoms with E-state index in [4.69, 9.17) is 4.74 Å². The maximum absolute atomic E-state index is 12.2. The minimum atomic E-state index is -0.476. The molecule has 0 saturated carbocycles. The molecule has 1 aromatic rings. The van der Waals surface area contributed by atoms with Gasteiger partial charge in [0.25, 0.3) is 0 Å². The zero-order chi connectivity index (χ0) is 16.9. The van der Waals surface area contributed by atoms with Gasteiger partial charge in [-0.2, -0.15) is 0 Å². The van der Waals surface area contributed by atoms with E-state index in [0.29, 0.717) is 19.0 Å². The lowest BCUT2D eigenvalue weighted by Gasteiger charge is -2.32. The fraction of sp³-hybridized carbons (Fsp3) is 0.647. The second kappa shape index (κ2) is 7.93. The molecular weight excluding hydrogens is 312 g/mol. The van der Waals surface area contributed by atoms with Crippen LogP contribution in [0.3, 0.4) is 0 Å². The van der Waals surface area contributed by atoms with Crippen molar-refractivity contribution >= 4 is 23.2 Å². The SMILES string of the molecule is CC(C)(C)OC(=O)NCC1CCCN(CC(=O)c2cccs2)C1. The first-order valence-electron chi connectivity index (χ1n) is 8.09. The number of carbonyl (C=O) groups is 2. The van der Waals surface area contributed by atoms with Crippen LogP contribution in [0.5, 0.6) is 0 Å². The van der Waals surface area contributed by atoms with Crippen LogP contribution in [-0.4, -0.2) is 48.6 Å². The molecule has 1 aliphatic heterocycles. The normalized spacial score (nSPS) is 19.3. The molecule has 0 aromatic carbocycles. The van der Waals surface area contributed by atoms with Gasteiger partial charge < -0.3 is 10.1 Å². The van der Waals surface area contributed by atoms with Crippen LogP contribution < -0.4 is 5.32 Å². The third-order valence-electron chi connectivity index (χ3n) is 3.70. The minimum Gasteiger partial charge on any atom is -0.444 e. The molecule has 1 aliphatic rings. The number of nitrogens with one attached hydrogen (secondary N) is 1. The lowest BCUT2D eigenvalue weighted by atomic mass is 9.98. The molecule has 2 rings (SSSR count). The molecular formula is C17H26N2O3S. The molecule has 2 heterocycles. The van der Waals surface area contributed by atoms with Crippen LogP contribution in [-0.2, 0) is 4.74 Å². The third kappa shape index (κ3) is 6.31. The van der Waals surface area contributed by atoms with Crippen molar-refractivity contribution in [2.24, 2.45) is 5.92 Å². The molecule has 0 bridgehead atoms. The van der Waals surface area contributed by atoms with Gasteiger partial charge in [-0.15, -0.1) is 11.3 Å². The molecule has 1 unspecified atom stereocenters. The number of ketones is 1. The molecule has 23 heavy (non-hydrogen) atoms. The third-order valence-corrected chi connectivity index (χ3v) is 4.61. The molecule has 5 nitrogen and oxygen atoms in total. The number of piperidine rings is 1. The number of amides is 1. The van der Waals surface area contributed by atoms with E-state index in [9.17, 15) is 9.59 Å². The van der Waals surface area contributed by atoms with Crippen LogP contribution in [0.4, 0.5) is 4.79 Å². The van der Waals surface area contributed by atoms with Crippen LogP contribution in [0.1, 0.15) is 43.3 Å². The van der Waals surface area contributed by atoms with Gasteiger partial charge in [0.1, 0.15) is 5.60 Å². The first kappa shape index (κ1) is 17.9. The minimum absolute atomic E-state index is 0.181. The topological polar surface area (TPSA) is 58.6 Å². The van der Waals surface area contributed by atoms with Crippen LogP contribution in [0.25, 0.3) is 0 Å². The molecule has 6 heteroatoms. The van der Waals surface area contributed by atoms with Gasteiger partial charge in [0.05, 0.1) is 11.4 Å². The molecule has 0 aliphatic carbocycles. The van der Waals surface area contributed by atoms with Gasteiger partial charge >= 0.3 is 6.09 Å². The summed E-state index contributed by atoms with van der Waals surface area (Å²) in [7, 11) is 0. The Balaban J connectivity index is 1.75. The summed E-state index contributed by atoms with van der Waals surface area (Å²) in [5.41, 5.74) is -0.476. The average molecular weight is 338 g/mol. The van der Waals surface area contributed by atoms with Crippen molar-refractivity contribution in [3.8, 4) is 0 Å². The highest BCUT2D eigenvalue weighted by atomic mass is 32.1. The summed E-state index contributed by atoms with van der Waals surface area (Å²) >= 11 is 1.49. The number of Topliss-reactive ketones (excluding diaryl/α,β-unsaturated/α-hetero) is 1. The quantitative estimate of drug-likeness (QED) is 0.838. The van der Waals surface area contributed by atoms with E-state index in [1.807, 2.05) is 38.3 Å². The predicted molar refractivity (Wildman–Crippen MR) is 92.1 cm³/mol. The average Bonchev–Trinajstić information content (AvgIpc) is 2.98. The number of alkyl carbamates (subject to hydrolysis) is 1. The fourth-order valence-electron chi connectivity index (χ4n) is 2.72. The molecule has 0 radical (unpaired) electrons. The van der Waals surface area contributed by atoms with E-state index in [1.54, 1.807) is 0 Å². The summed E-state index contributed by atoms with van der Waals surface area (Å²) in [6.45, 7) is 8.40. The summed E-state index contributed by atoms with van der Waals surface area (Å²) in [5.74, 6) is 0.549. The van der Waals surface area contributed by atoms with Crippen molar-refractivity contribution in [3.63, 3.8) is 0 Å². The van der Waals surface area contributed by atoms with E-state index in [-0.39, 0.29) is 11.9 Å². The standard InChI is InChI=1S/C17H26N2O3S/c1-17(2,3)22-16(21)18-10-13-6-4-8-19(11-13)12-14(20)15-7-5-9-23-15/h5,7,9,13H,4,6,8,10-12H2,1-3H3,(H,18,21). The first-order chi connectivity index (χ1) is 10.8. The Hall–Kier alpha value is -1.40. The highest BCUT2D eigenvalue weighted by Crippen LogP contribution is 2.18. The Bertz CT molecular complexity index is 522. The molecule has 1 aromatic heterocycles. The summed E-state index contributed by atoms with van der Waals surface area (Å²) in [5, 5.41) is 4.77. The number of likely N-dealkylation sites (tertiary alicyclic amines) is 1. The van der Waals surface area contributed by atoms with E-state index < -0.39 is 5.60 Å². The Kier molecular flexibility index (Phi) is 6.18. The number of hydrogen-bond acceptors (Lipinski definition) is 5. The zero-order valence-electron chi connectivity index (χ0n) is 14.1. The van der Waals surface area contributed by atoms with E-state index in [1.165, 1.54) is 11.3 Å². The van der Waals surface area contributed by atoms with E-state index in [2.05, 4.69) is 10.2 Å². The highest BCUT2D eigenvalue weighted by molar-refractivity contribution is 7.12. The summed E-state index contributed by atoms with van der Waals surface area (Å²) in [4.78, 5) is 26.9. The van der Waals surface area contributed by atoms with Gasteiger partial charge in [-0.1, -0.05) is 6.07 Å². The Morgan fingerprint density at radius 1 is 1.43 bits per heavy atom. The van der Waals surface area contributed by atoms with Gasteiger partial charge in [0, 0.05) is 13.1 Å². The van der Waals surface area contributed by atoms with Crippen LogP contribution in [0.2, 0.25) is 0 Å². The van der Waals surface area contributed by atoms with Crippen molar-refractivity contribution in [1.29, 1.82) is 0 Å². The predicted octanol–water partition coefficient (Wildman–Crippen LogP) is 3.17. The lowest BCUT2D eigenvalue weighted by molar-refractivity contribution is 0.0504. The van der Waals surface area contributed by atoms with E-state index >= 15 is 0 Å². The Labute approximate surface area is 142 Å². The number of nitrogens with zero attached hydrogens (tertiary/aromatic N) is 1. The first-order valence-corrected chi connectivity index (χ1v) is 8.97. The van der Waals surface area contributed by atoms with Crippen LogP contribution in [0.15, 0.2) is 17.5 Å². The summed E-state index contributed by atoms with van der Waals surface area (Å²) < 4.78 is 5.25. The number of ether oxygens (including phenoxy) is 1. The van der Waals surface area contributed by atoms with Gasteiger partial charge in [0.15, 0.2) is 5.78 Å². The van der Waals surface area contributed by atoms with Crippen molar-refractivity contribution < 1.29 is 14.3 Å². The Morgan fingerprint density at radius 2 is 2.22 bits per heavy atom. The maximum atomic E-state index is 12.2. The van der Waals surface area contributed by atoms with Crippen molar-refractivity contribution in [2.75, 3.05) is 26.2 Å². The molecule has 1 saturated heterocycles. The van der Waals surface area contributed by atoms with Crippen molar-refractivity contribution in [1.82, 2.24) is 10.2 Å². The Morgan fingerprint density at radius 3 is 2.87 bits per heavy atom. The van der Waals surface area contributed by atoms with Crippen LogP contribution >= 0.6 is 11.3 Å². The largest absolute Gasteiger partial charge is 0.444 e. The monoisotopic (exact) mass is 338 g/mol. The molecule has 128 valence electrons. The molecule has 1 amide bonds. The van der Waals surface area contributed by atoms with Gasteiger partial charge in [-0.05, 0) is 57.5 Å². The summed E-state index contributed by atoms with van der Waals surface area (Å²) in [6, 6.07) is 3.78.